The molecule has 0 aromatic heterocycles. The molecule has 0 radical (unpaired) electrons. The minimum atomic E-state index is 0.730. The van der Waals surface area contributed by atoms with Crippen molar-refractivity contribution in [2.45, 2.75) is 51.9 Å². The van der Waals surface area contributed by atoms with Crippen LogP contribution in [0, 0.1) is 11.8 Å². The normalized spacial score (nSPS) is 18.7. The standard InChI is InChI=1S/C18H28ClN/c1-2-20-14-17(15-9-5-3-4-6-10-15)13-16-11-7-8-12-18(16)19/h7-8,11-12,15,17,20H,2-6,9-10,13-14H2,1H3. The molecule has 1 unspecified atom stereocenters. The fourth-order valence-electron chi connectivity index (χ4n) is 3.46. The molecule has 1 aromatic rings. The molecule has 0 bridgehead atoms. The highest BCUT2D eigenvalue weighted by Crippen LogP contribution is 2.32. The number of hydrogen-bond donors (Lipinski definition) is 1. The van der Waals surface area contributed by atoms with Crippen LogP contribution in [0.4, 0.5) is 0 Å². The average Bonchev–Trinajstić information content (AvgIpc) is 2.74. The molecule has 1 aromatic carbocycles. The molecule has 0 heterocycles. The lowest BCUT2D eigenvalue weighted by Gasteiger charge is -2.27. The van der Waals surface area contributed by atoms with E-state index in [1.165, 1.54) is 44.1 Å². The Hall–Kier alpha value is -0.530. The van der Waals surface area contributed by atoms with Crippen LogP contribution in [-0.2, 0) is 6.42 Å². The van der Waals surface area contributed by atoms with Crippen LogP contribution in [0.1, 0.15) is 51.0 Å². The second-order valence-corrected chi connectivity index (χ2v) is 6.52. The minimum Gasteiger partial charge on any atom is -0.317 e. The summed E-state index contributed by atoms with van der Waals surface area (Å²) in [4.78, 5) is 0. The summed E-state index contributed by atoms with van der Waals surface area (Å²) in [5, 5.41) is 4.50. The van der Waals surface area contributed by atoms with E-state index >= 15 is 0 Å². The Morgan fingerprint density at radius 3 is 2.50 bits per heavy atom. The molecule has 0 spiro atoms. The topological polar surface area (TPSA) is 12.0 Å². The highest BCUT2D eigenvalue weighted by Gasteiger charge is 2.23. The van der Waals surface area contributed by atoms with Crippen LogP contribution < -0.4 is 5.32 Å². The average molecular weight is 294 g/mol. The second kappa shape index (κ2) is 8.69. The van der Waals surface area contributed by atoms with Gasteiger partial charge >= 0.3 is 0 Å². The number of rotatable bonds is 6. The Bertz CT molecular complexity index is 383. The largest absolute Gasteiger partial charge is 0.317 e. The SMILES string of the molecule is CCNCC(Cc1ccccc1Cl)C1CCCCCC1. The van der Waals surface area contributed by atoms with Crippen LogP contribution in [0.2, 0.25) is 5.02 Å². The Morgan fingerprint density at radius 1 is 1.15 bits per heavy atom. The van der Waals surface area contributed by atoms with E-state index < -0.39 is 0 Å². The highest BCUT2D eigenvalue weighted by atomic mass is 35.5. The fourth-order valence-corrected chi connectivity index (χ4v) is 3.68. The van der Waals surface area contributed by atoms with Crippen molar-refractivity contribution in [3.63, 3.8) is 0 Å². The number of nitrogens with one attached hydrogen (secondary N) is 1. The molecule has 2 rings (SSSR count). The quantitative estimate of drug-likeness (QED) is 0.721. The molecule has 1 aliphatic rings. The lowest BCUT2D eigenvalue weighted by Crippen LogP contribution is -2.30. The summed E-state index contributed by atoms with van der Waals surface area (Å²) >= 11 is 6.35. The van der Waals surface area contributed by atoms with Gasteiger partial charge in [-0.05, 0) is 43.0 Å². The summed E-state index contributed by atoms with van der Waals surface area (Å²) in [6.07, 6.45) is 9.61. The number of benzene rings is 1. The van der Waals surface area contributed by atoms with Crippen molar-refractivity contribution in [2.75, 3.05) is 13.1 Å². The predicted molar refractivity (Wildman–Crippen MR) is 88.4 cm³/mol. The molecule has 1 saturated carbocycles. The van der Waals surface area contributed by atoms with Gasteiger partial charge in [0.1, 0.15) is 0 Å². The molecule has 112 valence electrons. The van der Waals surface area contributed by atoms with Crippen LogP contribution in [-0.4, -0.2) is 13.1 Å². The van der Waals surface area contributed by atoms with Gasteiger partial charge in [-0.2, -0.15) is 0 Å². The van der Waals surface area contributed by atoms with E-state index in [2.05, 4.69) is 24.4 Å². The van der Waals surface area contributed by atoms with Crippen molar-refractivity contribution in [2.24, 2.45) is 11.8 Å². The maximum atomic E-state index is 6.35. The third-order valence-corrected chi connectivity index (χ3v) is 5.03. The Balaban J connectivity index is 2.04. The van der Waals surface area contributed by atoms with E-state index in [0.717, 1.165) is 36.4 Å². The summed E-state index contributed by atoms with van der Waals surface area (Å²) in [7, 11) is 0. The van der Waals surface area contributed by atoms with Crippen LogP contribution in [0.15, 0.2) is 24.3 Å². The molecule has 1 fully saturated rings. The summed E-state index contributed by atoms with van der Waals surface area (Å²) in [5.41, 5.74) is 1.32. The van der Waals surface area contributed by atoms with Gasteiger partial charge in [-0.15, -0.1) is 0 Å². The van der Waals surface area contributed by atoms with Gasteiger partial charge in [-0.3, -0.25) is 0 Å². The zero-order valence-electron chi connectivity index (χ0n) is 12.7. The van der Waals surface area contributed by atoms with Gasteiger partial charge < -0.3 is 5.32 Å². The molecule has 2 heteroatoms. The summed E-state index contributed by atoms with van der Waals surface area (Å²) in [6.45, 7) is 4.39. The van der Waals surface area contributed by atoms with E-state index in [1.807, 2.05) is 12.1 Å². The minimum absolute atomic E-state index is 0.730. The van der Waals surface area contributed by atoms with Gasteiger partial charge in [-0.1, -0.05) is 75.2 Å². The molecule has 1 atom stereocenters. The zero-order chi connectivity index (χ0) is 14.2. The third kappa shape index (κ3) is 4.79. The van der Waals surface area contributed by atoms with Crippen molar-refractivity contribution in [3.8, 4) is 0 Å². The van der Waals surface area contributed by atoms with Gasteiger partial charge in [0.2, 0.25) is 0 Å². The first-order valence-electron chi connectivity index (χ1n) is 8.25. The summed E-state index contributed by atoms with van der Waals surface area (Å²) in [5.74, 6) is 1.60. The molecule has 0 saturated heterocycles. The van der Waals surface area contributed by atoms with Crippen molar-refractivity contribution in [1.29, 1.82) is 0 Å². The molecule has 0 aliphatic heterocycles. The van der Waals surface area contributed by atoms with Gasteiger partial charge in [0, 0.05) is 5.02 Å². The van der Waals surface area contributed by atoms with E-state index in [4.69, 9.17) is 11.6 Å². The Morgan fingerprint density at radius 2 is 1.85 bits per heavy atom. The smallest absolute Gasteiger partial charge is 0.0438 e. The summed E-state index contributed by atoms with van der Waals surface area (Å²) in [6, 6.07) is 8.35. The first kappa shape index (κ1) is 15.9. The van der Waals surface area contributed by atoms with Gasteiger partial charge in [0.05, 0.1) is 0 Å². The monoisotopic (exact) mass is 293 g/mol. The molecule has 1 N–H and O–H groups in total. The molecule has 1 aliphatic carbocycles. The predicted octanol–water partition coefficient (Wildman–Crippen LogP) is 5.08. The molecule has 1 nitrogen and oxygen atoms in total. The lowest BCUT2D eigenvalue weighted by atomic mass is 9.82. The molecule has 0 amide bonds. The van der Waals surface area contributed by atoms with E-state index in [1.54, 1.807) is 0 Å². The highest BCUT2D eigenvalue weighted by molar-refractivity contribution is 6.31. The van der Waals surface area contributed by atoms with E-state index in [0.29, 0.717) is 0 Å². The molecule has 20 heavy (non-hydrogen) atoms. The fraction of sp³-hybridized carbons (Fsp3) is 0.667. The van der Waals surface area contributed by atoms with Crippen LogP contribution in [0.5, 0.6) is 0 Å². The maximum absolute atomic E-state index is 6.35. The van der Waals surface area contributed by atoms with Gasteiger partial charge in [0.25, 0.3) is 0 Å². The van der Waals surface area contributed by atoms with E-state index in [-0.39, 0.29) is 0 Å². The number of halogens is 1. The van der Waals surface area contributed by atoms with E-state index in [9.17, 15) is 0 Å². The first-order valence-corrected chi connectivity index (χ1v) is 8.63. The molecular weight excluding hydrogens is 266 g/mol. The number of hydrogen-bond acceptors (Lipinski definition) is 1. The Labute approximate surface area is 129 Å². The third-order valence-electron chi connectivity index (χ3n) is 4.66. The van der Waals surface area contributed by atoms with Crippen molar-refractivity contribution in [3.05, 3.63) is 34.9 Å². The molecular formula is C18H28ClN. The van der Waals surface area contributed by atoms with Crippen LogP contribution in [0.25, 0.3) is 0 Å². The van der Waals surface area contributed by atoms with Gasteiger partial charge in [0.15, 0.2) is 0 Å². The van der Waals surface area contributed by atoms with Crippen LogP contribution in [0.3, 0.4) is 0 Å². The lowest BCUT2D eigenvalue weighted by molar-refractivity contribution is 0.286. The van der Waals surface area contributed by atoms with Crippen molar-refractivity contribution in [1.82, 2.24) is 5.32 Å². The van der Waals surface area contributed by atoms with Crippen LogP contribution >= 0.6 is 11.6 Å². The van der Waals surface area contributed by atoms with Crippen molar-refractivity contribution >= 4 is 11.6 Å². The van der Waals surface area contributed by atoms with Crippen molar-refractivity contribution < 1.29 is 0 Å². The maximum Gasteiger partial charge on any atom is 0.0438 e. The summed E-state index contributed by atoms with van der Waals surface area (Å²) < 4.78 is 0. The van der Waals surface area contributed by atoms with Gasteiger partial charge in [-0.25, -0.2) is 0 Å². The zero-order valence-corrected chi connectivity index (χ0v) is 13.5. The first-order chi connectivity index (χ1) is 9.81. The Kier molecular flexibility index (Phi) is 6.89. The second-order valence-electron chi connectivity index (χ2n) is 6.11.